The number of rotatable bonds is 5. The van der Waals surface area contributed by atoms with Gasteiger partial charge >= 0.3 is 0 Å². The lowest BCUT2D eigenvalue weighted by molar-refractivity contribution is 0.0743. The van der Waals surface area contributed by atoms with Crippen molar-refractivity contribution in [1.29, 1.82) is 0 Å². The molecule has 6 heteroatoms. The average molecular weight is 435 g/mol. The summed E-state index contributed by atoms with van der Waals surface area (Å²) in [5.41, 5.74) is 3.01. The van der Waals surface area contributed by atoms with E-state index in [0.29, 0.717) is 11.5 Å². The fraction of sp³-hybridized carbons (Fsp3) is 0.160. The van der Waals surface area contributed by atoms with Gasteiger partial charge in [-0.2, -0.15) is 0 Å². The van der Waals surface area contributed by atoms with Crippen molar-refractivity contribution in [3.63, 3.8) is 0 Å². The van der Waals surface area contributed by atoms with Gasteiger partial charge in [-0.25, -0.2) is 9.37 Å². The van der Waals surface area contributed by atoms with E-state index in [1.165, 1.54) is 12.1 Å². The number of hydrogen-bond donors (Lipinski definition) is 1. The first kappa shape index (κ1) is 21.2. The normalized spacial score (nSPS) is 12.7. The van der Waals surface area contributed by atoms with E-state index in [0.717, 1.165) is 27.3 Å². The largest absolute Gasteiger partial charge is 0.384 e. The number of aliphatic hydroxyl groups is 1. The van der Waals surface area contributed by atoms with E-state index in [9.17, 15) is 13.7 Å². The molecule has 4 nitrogen and oxygen atoms in total. The van der Waals surface area contributed by atoms with Gasteiger partial charge in [0.05, 0.1) is 5.69 Å². The zero-order chi connectivity index (χ0) is 22.2. The van der Waals surface area contributed by atoms with Crippen molar-refractivity contribution in [3.8, 4) is 28.2 Å². The van der Waals surface area contributed by atoms with Crippen molar-refractivity contribution in [2.45, 2.75) is 24.3 Å². The molecule has 3 aromatic carbocycles. The van der Waals surface area contributed by atoms with Crippen molar-refractivity contribution in [2.24, 2.45) is 0 Å². The number of aromatic nitrogens is 2. The first-order chi connectivity index (χ1) is 14.7. The molecule has 1 heterocycles. The van der Waals surface area contributed by atoms with Crippen molar-refractivity contribution < 1.29 is 13.7 Å². The first-order valence-electron chi connectivity index (χ1n) is 9.85. The Labute approximate surface area is 183 Å². The number of halogens is 1. The fourth-order valence-electron chi connectivity index (χ4n) is 3.34. The Bertz CT molecular complexity index is 1240. The highest BCUT2D eigenvalue weighted by Gasteiger charge is 2.23. The molecular formula is C25H23FN2O2S. The predicted octanol–water partition coefficient (Wildman–Crippen LogP) is 5.31. The van der Waals surface area contributed by atoms with E-state index in [4.69, 9.17) is 0 Å². The molecule has 1 N–H and O–H groups in total. The van der Waals surface area contributed by atoms with Crippen molar-refractivity contribution in [3.05, 3.63) is 90.5 Å². The minimum Gasteiger partial charge on any atom is -0.384 e. The van der Waals surface area contributed by atoms with Crippen LogP contribution in [0.4, 0.5) is 4.39 Å². The summed E-state index contributed by atoms with van der Waals surface area (Å²) in [6, 6.07) is 21.7. The van der Waals surface area contributed by atoms with E-state index >= 15 is 0 Å². The van der Waals surface area contributed by atoms with Crippen LogP contribution < -0.4 is 0 Å². The third-order valence-electron chi connectivity index (χ3n) is 5.08. The molecule has 4 aromatic rings. The Hall–Kier alpha value is -3.09. The van der Waals surface area contributed by atoms with Crippen LogP contribution in [0.15, 0.2) is 83.9 Å². The smallest absolute Gasteiger partial charge is 0.144 e. The summed E-state index contributed by atoms with van der Waals surface area (Å²) in [5, 5.41) is 10.5. The Balaban J connectivity index is 1.77. The summed E-state index contributed by atoms with van der Waals surface area (Å²) in [5.74, 6) is 0.303. The molecule has 4 rings (SSSR count). The Kier molecular flexibility index (Phi) is 5.60. The Morgan fingerprint density at radius 2 is 1.58 bits per heavy atom. The summed E-state index contributed by atoms with van der Waals surface area (Å²) >= 11 is 0. The van der Waals surface area contributed by atoms with Gasteiger partial charge < -0.3 is 5.11 Å². The summed E-state index contributed by atoms with van der Waals surface area (Å²) < 4.78 is 27.1. The second-order valence-corrected chi connectivity index (χ2v) is 9.29. The maximum Gasteiger partial charge on any atom is 0.144 e. The quantitative estimate of drug-likeness (QED) is 0.463. The minimum atomic E-state index is -1.11. The average Bonchev–Trinajstić information content (AvgIpc) is 3.20. The first-order valence-corrected chi connectivity index (χ1v) is 11.4. The van der Waals surface area contributed by atoms with Gasteiger partial charge in [0.15, 0.2) is 0 Å². The van der Waals surface area contributed by atoms with Gasteiger partial charge in [0.2, 0.25) is 0 Å². The molecule has 0 saturated carbocycles. The molecule has 1 aromatic heterocycles. The van der Waals surface area contributed by atoms with E-state index < -0.39 is 16.4 Å². The van der Waals surface area contributed by atoms with Gasteiger partial charge in [-0.05, 0) is 73.5 Å². The maximum absolute atomic E-state index is 13.4. The molecule has 1 atom stereocenters. The monoisotopic (exact) mass is 434 g/mol. The topological polar surface area (TPSA) is 55.1 Å². The fourth-order valence-corrected chi connectivity index (χ4v) is 3.91. The summed E-state index contributed by atoms with van der Waals surface area (Å²) in [4.78, 5) is 5.41. The molecule has 0 amide bonds. The van der Waals surface area contributed by atoms with Gasteiger partial charge in [0.25, 0.3) is 0 Å². The number of imidazole rings is 1. The van der Waals surface area contributed by atoms with E-state index in [1.54, 1.807) is 38.4 Å². The van der Waals surface area contributed by atoms with Gasteiger partial charge in [-0.3, -0.25) is 8.78 Å². The van der Waals surface area contributed by atoms with Crippen LogP contribution in [0.3, 0.4) is 0 Å². The lowest BCUT2D eigenvalue weighted by Gasteiger charge is -2.13. The molecule has 31 heavy (non-hydrogen) atoms. The second kappa shape index (κ2) is 8.21. The zero-order valence-corrected chi connectivity index (χ0v) is 18.4. The van der Waals surface area contributed by atoms with Gasteiger partial charge in [0.1, 0.15) is 17.2 Å². The van der Waals surface area contributed by atoms with Crippen LogP contribution in [0, 0.1) is 5.82 Å². The Morgan fingerprint density at radius 1 is 0.935 bits per heavy atom. The molecule has 0 radical (unpaired) electrons. The number of hydrogen-bond acceptors (Lipinski definition) is 3. The number of benzene rings is 3. The third kappa shape index (κ3) is 4.50. The highest BCUT2D eigenvalue weighted by atomic mass is 32.2. The van der Waals surface area contributed by atoms with Crippen LogP contribution in [0.25, 0.3) is 28.2 Å². The zero-order valence-electron chi connectivity index (χ0n) is 17.5. The summed E-state index contributed by atoms with van der Waals surface area (Å²) in [6.07, 6.45) is 3.47. The predicted molar refractivity (Wildman–Crippen MR) is 122 cm³/mol. The van der Waals surface area contributed by atoms with Crippen LogP contribution in [0.2, 0.25) is 0 Å². The van der Waals surface area contributed by atoms with Gasteiger partial charge in [0, 0.05) is 39.4 Å². The molecule has 0 aliphatic carbocycles. The van der Waals surface area contributed by atoms with Crippen LogP contribution >= 0.6 is 0 Å². The van der Waals surface area contributed by atoms with Crippen LogP contribution in [-0.4, -0.2) is 25.1 Å². The SMILES string of the molecule is CS(=O)c1cccc(-c2ccc(-n3cc(C(C)(C)O)nc3-c3ccc(F)cc3)cc2)c1. The standard InChI is InChI=1S/C25H23FN2O2S/c1-25(2,29)23-16-28(24(27-23)18-7-11-20(26)12-8-18)21-13-9-17(10-14-21)19-5-4-6-22(15-19)31(3)30/h4-16,29H,1-3H3. The molecule has 0 fully saturated rings. The van der Waals surface area contributed by atoms with Gasteiger partial charge in [-0.1, -0.05) is 24.3 Å². The molecule has 0 aliphatic rings. The van der Waals surface area contributed by atoms with Crippen molar-refractivity contribution >= 4 is 10.8 Å². The highest BCUT2D eigenvalue weighted by molar-refractivity contribution is 7.84. The van der Waals surface area contributed by atoms with Crippen molar-refractivity contribution in [2.75, 3.05) is 6.26 Å². The minimum absolute atomic E-state index is 0.316. The van der Waals surface area contributed by atoms with Crippen LogP contribution in [-0.2, 0) is 16.4 Å². The molecule has 0 spiro atoms. The van der Waals surface area contributed by atoms with E-state index in [2.05, 4.69) is 4.98 Å². The number of nitrogens with zero attached hydrogens (tertiary/aromatic N) is 2. The summed E-state index contributed by atoms with van der Waals surface area (Å²) in [6.45, 7) is 3.36. The molecule has 158 valence electrons. The van der Waals surface area contributed by atoms with E-state index in [1.807, 2.05) is 53.1 Å². The molecule has 1 unspecified atom stereocenters. The molecular weight excluding hydrogens is 411 g/mol. The molecule has 0 aliphatic heterocycles. The van der Waals surface area contributed by atoms with E-state index in [-0.39, 0.29) is 5.82 Å². The lowest BCUT2D eigenvalue weighted by atomic mass is 10.1. The van der Waals surface area contributed by atoms with Crippen molar-refractivity contribution in [1.82, 2.24) is 9.55 Å². The summed E-state index contributed by atoms with van der Waals surface area (Å²) in [7, 11) is -1.04. The molecule has 0 saturated heterocycles. The highest BCUT2D eigenvalue weighted by Crippen LogP contribution is 2.29. The lowest BCUT2D eigenvalue weighted by Crippen LogP contribution is -2.15. The second-order valence-electron chi connectivity index (χ2n) is 7.91. The van der Waals surface area contributed by atoms with Crippen LogP contribution in [0.5, 0.6) is 0 Å². The van der Waals surface area contributed by atoms with Crippen LogP contribution in [0.1, 0.15) is 19.5 Å². The third-order valence-corrected chi connectivity index (χ3v) is 6.00. The maximum atomic E-state index is 13.4. The Morgan fingerprint density at radius 3 is 2.19 bits per heavy atom. The van der Waals surface area contributed by atoms with Gasteiger partial charge in [-0.15, -0.1) is 0 Å². The molecule has 0 bridgehead atoms.